The Morgan fingerprint density at radius 2 is 1.90 bits per heavy atom. The monoisotopic (exact) mass is 138 g/mol. The molecule has 0 spiro atoms. The van der Waals surface area contributed by atoms with Gasteiger partial charge in [-0.1, -0.05) is 26.7 Å². The van der Waals surface area contributed by atoms with E-state index in [0.29, 0.717) is 6.42 Å². The fourth-order valence-corrected chi connectivity index (χ4v) is 0.665. The lowest BCUT2D eigenvalue weighted by atomic mass is 9.90. The number of hydrogen-bond acceptors (Lipinski definition) is 1. The van der Waals surface area contributed by atoms with Crippen LogP contribution in [-0.4, -0.2) is 5.78 Å². The molecule has 10 heavy (non-hydrogen) atoms. The Morgan fingerprint density at radius 1 is 1.40 bits per heavy atom. The molecule has 56 valence electrons. The van der Waals surface area contributed by atoms with Crippen LogP contribution in [0.4, 0.5) is 0 Å². The maximum Gasteiger partial charge on any atom is 0.205 e. The molecule has 0 fully saturated rings. The Hall–Kier alpha value is -0.770. The first-order chi connectivity index (χ1) is 4.45. The number of carbonyl (C=O) groups is 1. The average molecular weight is 138 g/mol. The lowest BCUT2D eigenvalue weighted by Crippen LogP contribution is -2.10. The summed E-state index contributed by atoms with van der Waals surface area (Å²) >= 11 is 0. The van der Waals surface area contributed by atoms with Gasteiger partial charge >= 0.3 is 0 Å². The van der Waals surface area contributed by atoms with Gasteiger partial charge in [-0.15, -0.1) is 0 Å². The molecule has 0 saturated carbocycles. The molecule has 0 heterocycles. The Morgan fingerprint density at radius 3 is 2.20 bits per heavy atom. The van der Waals surface area contributed by atoms with Gasteiger partial charge in [-0.3, -0.25) is 4.79 Å². The van der Waals surface area contributed by atoms with Crippen LogP contribution in [-0.2, 0) is 4.79 Å². The van der Waals surface area contributed by atoms with E-state index in [4.69, 9.17) is 0 Å². The molecule has 0 aromatic rings. The highest BCUT2D eigenvalue weighted by molar-refractivity contribution is 5.95. The first-order valence-electron chi connectivity index (χ1n) is 3.41. The van der Waals surface area contributed by atoms with Crippen molar-refractivity contribution in [1.82, 2.24) is 0 Å². The van der Waals surface area contributed by atoms with E-state index in [2.05, 4.69) is 11.8 Å². The molecule has 0 aliphatic carbocycles. The fraction of sp³-hybridized carbons (Fsp3) is 0.667. The Balaban J connectivity index is 3.89. The number of hydrogen-bond donors (Lipinski definition) is 0. The summed E-state index contributed by atoms with van der Waals surface area (Å²) in [5.74, 6) is 5.14. The van der Waals surface area contributed by atoms with Crippen molar-refractivity contribution >= 4 is 5.78 Å². The fourth-order valence-electron chi connectivity index (χ4n) is 0.665. The maximum absolute atomic E-state index is 10.9. The van der Waals surface area contributed by atoms with Crippen molar-refractivity contribution in [2.24, 2.45) is 5.41 Å². The summed E-state index contributed by atoms with van der Waals surface area (Å²) in [5.41, 5.74) is 0.0704. The highest BCUT2D eigenvalue weighted by Gasteiger charge is 2.13. The van der Waals surface area contributed by atoms with E-state index in [-0.39, 0.29) is 11.2 Å². The van der Waals surface area contributed by atoms with E-state index in [1.807, 2.05) is 20.8 Å². The quantitative estimate of drug-likeness (QED) is 0.400. The van der Waals surface area contributed by atoms with E-state index in [1.54, 1.807) is 6.92 Å². The van der Waals surface area contributed by atoms with Gasteiger partial charge in [0.15, 0.2) is 0 Å². The van der Waals surface area contributed by atoms with E-state index < -0.39 is 0 Å². The van der Waals surface area contributed by atoms with E-state index in [1.165, 1.54) is 0 Å². The largest absolute Gasteiger partial charge is 0.285 e. The summed E-state index contributed by atoms with van der Waals surface area (Å²) in [6, 6.07) is 0. The number of carbonyl (C=O) groups excluding carboxylic acids is 1. The molecule has 0 saturated heterocycles. The lowest BCUT2D eigenvalue weighted by molar-refractivity contribution is -0.115. The average Bonchev–Trinajstić information content (AvgIpc) is 1.59. The highest BCUT2D eigenvalue weighted by Crippen LogP contribution is 2.17. The van der Waals surface area contributed by atoms with Crippen molar-refractivity contribution in [3.63, 3.8) is 0 Å². The molecule has 0 N–H and O–H groups in total. The van der Waals surface area contributed by atoms with Crippen LogP contribution in [0.2, 0.25) is 0 Å². The topological polar surface area (TPSA) is 17.1 Å². The Kier molecular flexibility index (Phi) is 3.15. The van der Waals surface area contributed by atoms with Crippen molar-refractivity contribution in [3.05, 3.63) is 0 Å². The molecular formula is C9H14O. The second kappa shape index (κ2) is 3.41. The maximum atomic E-state index is 10.9. The van der Waals surface area contributed by atoms with Crippen molar-refractivity contribution < 1.29 is 4.79 Å². The minimum atomic E-state index is 0.0370. The van der Waals surface area contributed by atoms with Crippen molar-refractivity contribution in [2.45, 2.75) is 34.1 Å². The second-order valence-corrected chi connectivity index (χ2v) is 3.54. The zero-order valence-corrected chi connectivity index (χ0v) is 7.12. The van der Waals surface area contributed by atoms with Gasteiger partial charge in [0.25, 0.3) is 0 Å². The molecular weight excluding hydrogens is 124 g/mol. The van der Waals surface area contributed by atoms with Gasteiger partial charge in [0.2, 0.25) is 5.78 Å². The molecule has 1 heteroatoms. The third kappa shape index (κ3) is 5.37. The summed E-state index contributed by atoms with van der Waals surface area (Å²) < 4.78 is 0. The smallest absolute Gasteiger partial charge is 0.205 e. The standard InChI is InChI=1S/C9H14O/c1-5-6-8(10)7-9(2,3)4/h7H2,1-4H3. The molecule has 1 nitrogen and oxygen atoms in total. The SMILES string of the molecule is CC#CC(=O)CC(C)(C)C. The van der Waals surface area contributed by atoms with E-state index in [9.17, 15) is 4.79 Å². The normalized spacial score (nSPS) is 10.0. The number of rotatable bonds is 1. The Bertz CT molecular complexity index is 173. The van der Waals surface area contributed by atoms with Crippen LogP contribution in [0.1, 0.15) is 34.1 Å². The van der Waals surface area contributed by atoms with Crippen LogP contribution < -0.4 is 0 Å². The molecule has 0 bridgehead atoms. The minimum Gasteiger partial charge on any atom is -0.285 e. The third-order valence-electron chi connectivity index (χ3n) is 0.955. The summed E-state index contributed by atoms with van der Waals surface area (Å²) in [6.07, 6.45) is 0.549. The molecule has 0 aliphatic rings. The third-order valence-corrected chi connectivity index (χ3v) is 0.955. The van der Waals surface area contributed by atoms with Crippen molar-refractivity contribution in [1.29, 1.82) is 0 Å². The second-order valence-electron chi connectivity index (χ2n) is 3.54. The first kappa shape index (κ1) is 9.23. The van der Waals surface area contributed by atoms with Crippen LogP contribution in [0.5, 0.6) is 0 Å². The molecule has 0 aromatic carbocycles. The molecule has 0 rings (SSSR count). The summed E-state index contributed by atoms with van der Waals surface area (Å²) in [7, 11) is 0. The zero-order valence-electron chi connectivity index (χ0n) is 7.12. The highest BCUT2D eigenvalue weighted by atomic mass is 16.1. The van der Waals surface area contributed by atoms with Gasteiger partial charge < -0.3 is 0 Å². The Labute approximate surface area is 62.8 Å². The van der Waals surface area contributed by atoms with Crippen molar-refractivity contribution in [3.8, 4) is 11.8 Å². The molecule has 0 aliphatic heterocycles. The molecule has 0 atom stereocenters. The predicted molar refractivity (Wildman–Crippen MR) is 42.5 cm³/mol. The minimum absolute atomic E-state index is 0.0370. The molecule has 0 radical (unpaired) electrons. The van der Waals surface area contributed by atoms with Gasteiger partial charge in [0.05, 0.1) is 0 Å². The number of Topliss-reactive ketones (excluding diaryl/α,β-unsaturated/α-hetero) is 1. The van der Waals surface area contributed by atoms with E-state index >= 15 is 0 Å². The van der Waals surface area contributed by atoms with Crippen LogP contribution in [0.15, 0.2) is 0 Å². The van der Waals surface area contributed by atoms with Gasteiger partial charge in [-0.25, -0.2) is 0 Å². The lowest BCUT2D eigenvalue weighted by Gasteiger charge is -2.13. The number of ketones is 1. The summed E-state index contributed by atoms with van der Waals surface area (Å²) in [5, 5.41) is 0. The molecule has 0 unspecified atom stereocenters. The van der Waals surface area contributed by atoms with Gasteiger partial charge in [0.1, 0.15) is 0 Å². The molecule has 0 amide bonds. The molecule has 0 aromatic heterocycles. The van der Waals surface area contributed by atoms with Crippen LogP contribution in [0.3, 0.4) is 0 Å². The summed E-state index contributed by atoms with van der Waals surface area (Å²) in [4.78, 5) is 10.9. The van der Waals surface area contributed by atoms with E-state index in [0.717, 1.165) is 0 Å². The van der Waals surface area contributed by atoms with Gasteiger partial charge in [-0.2, -0.15) is 0 Å². The van der Waals surface area contributed by atoms with Crippen LogP contribution in [0, 0.1) is 17.3 Å². The van der Waals surface area contributed by atoms with Crippen LogP contribution >= 0.6 is 0 Å². The van der Waals surface area contributed by atoms with Gasteiger partial charge in [0, 0.05) is 6.42 Å². The summed E-state index contributed by atoms with van der Waals surface area (Å²) in [6.45, 7) is 7.77. The predicted octanol–water partition coefficient (Wildman–Crippen LogP) is 2.02. The van der Waals surface area contributed by atoms with Crippen LogP contribution in [0.25, 0.3) is 0 Å². The van der Waals surface area contributed by atoms with Gasteiger partial charge in [-0.05, 0) is 18.3 Å². The van der Waals surface area contributed by atoms with Crippen molar-refractivity contribution in [2.75, 3.05) is 0 Å². The zero-order chi connectivity index (χ0) is 8.20. The first-order valence-corrected chi connectivity index (χ1v) is 3.41.